The number of rotatable bonds is 7. The fraction of sp³-hybridized carbons (Fsp3) is 0.368. The predicted octanol–water partition coefficient (Wildman–Crippen LogP) is 4.71. The predicted molar refractivity (Wildman–Crippen MR) is 101 cm³/mol. The molecule has 1 aromatic heterocycles. The van der Waals surface area contributed by atoms with E-state index in [4.69, 9.17) is 4.74 Å². The van der Waals surface area contributed by atoms with Crippen molar-refractivity contribution < 1.29 is 13.9 Å². The van der Waals surface area contributed by atoms with Crippen molar-refractivity contribution >= 4 is 17.5 Å². The van der Waals surface area contributed by atoms with Crippen LogP contribution >= 0.6 is 0 Å². The summed E-state index contributed by atoms with van der Waals surface area (Å²) < 4.78 is 19.9. The number of amides is 2. The maximum Gasteiger partial charge on any atom is 0.322 e. The van der Waals surface area contributed by atoms with Gasteiger partial charge in [-0.3, -0.25) is 5.32 Å². The molecule has 1 unspecified atom stereocenters. The smallest absolute Gasteiger partial charge is 0.322 e. The third kappa shape index (κ3) is 5.34. The van der Waals surface area contributed by atoms with Crippen molar-refractivity contribution in [1.29, 1.82) is 0 Å². The zero-order valence-corrected chi connectivity index (χ0v) is 15.5. The lowest BCUT2D eigenvalue weighted by molar-refractivity contribution is 0.224. The Kier molecular flexibility index (Phi) is 6.77. The van der Waals surface area contributed by atoms with Crippen LogP contribution in [0.2, 0.25) is 0 Å². The average Bonchev–Trinajstić information content (AvgIpc) is 2.63. The lowest BCUT2D eigenvalue weighted by Gasteiger charge is -2.16. The monoisotopic (exact) mass is 360 g/mol. The molecule has 0 saturated heterocycles. The zero-order valence-electron chi connectivity index (χ0n) is 15.5. The van der Waals surface area contributed by atoms with Gasteiger partial charge < -0.3 is 15.0 Å². The minimum atomic E-state index is -0.466. The Labute approximate surface area is 153 Å². The second-order valence-corrected chi connectivity index (χ2v) is 6.02. The van der Waals surface area contributed by atoms with Gasteiger partial charge in [0, 0.05) is 43.7 Å². The highest BCUT2D eigenvalue weighted by Gasteiger charge is 2.10. The zero-order chi connectivity index (χ0) is 19.1. The second kappa shape index (κ2) is 9.03. The molecule has 2 rings (SSSR count). The molecule has 2 aromatic rings. The van der Waals surface area contributed by atoms with Gasteiger partial charge in [-0.15, -0.1) is 0 Å². The van der Waals surface area contributed by atoms with Gasteiger partial charge in [-0.05, 0) is 38.5 Å². The van der Waals surface area contributed by atoms with Crippen molar-refractivity contribution in [3.63, 3.8) is 0 Å². The van der Waals surface area contributed by atoms with Gasteiger partial charge in [0.1, 0.15) is 11.6 Å². The summed E-state index contributed by atoms with van der Waals surface area (Å²) in [5, 5.41) is 5.88. The van der Waals surface area contributed by atoms with E-state index in [2.05, 4.69) is 22.5 Å². The van der Waals surface area contributed by atoms with Gasteiger partial charge in [-0.2, -0.15) is 0 Å². The van der Waals surface area contributed by atoms with Crippen LogP contribution in [-0.2, 0) is 0 Å². The van der Waals surface area contributed by atoms with Crippen LogP contribution in [0.3, 0.4) is 0 Å². The number of halogens is 1. The maximum absolute atomic E-state index is 14.3. The van der Waals surface area contributed by atoms with Crippen molar-refractivity contribution in [2.75, 3.05) is 24.2 Å². The first-order chi connectivity index (χ1) is 12.4. The Bertz CT molecular complexity index is 754. The molecule has 0 fully saturated rings. The van der Waals surface area contributed by atoms with E-state index in [9.17, 15) is 9.18 Å². The van der Waals surface area contributed by atoms with E-state index in [0.717, 1.165) is 6.42 Å². The van der Waals surface area contributed by atoms with Crippen LogP contribution in [0.5, 0.6) is 11.5 Å². The van der Waals surface area contributed by atoms with E-state index in [-0.39, 0.29) is 17.8 Å². The number of ether oxygens (including phenoxy) is 1. The van der Waals surface area contributed by atoms with Crippen molar-refractivity contribution in [1.82, 2.24) is 9.88 Å². The lowest BCUT2D eigenvalue weighted by atomic mass is 10.2. The Morgan fingerprint density at radius 2 is 2.08 bits per heavy atom. The maximum atomic E-state index is 14.3. The molecule has 2 amide bonds. The van der Waals surface area contributed by atoms with Crippen molar-refractivity contribution in [3.05, 3.63) is 42.3 Å². The molecule has 6 nitrogen and oxygen atoms in total. The molecule has 0 spiro atoms. The van der Waals surface area contributed by atoms with Crippen LogP contribution in [0.25, 0.3) is 0 Å². The van der Waals surface area contributed by atoms with Crippen LogP contribution in [0.4, 0.5) is 20.7 Å². The van der Waals surface area contributed by atoms with Gasteiger partial charge in [-0.1, -0.05) is 6.92 Å². The van der Waals surface area contributed by atoms with E-state index >= 15 is 0 Å². The van der Waals surface area contributed by atoms with Crippen LogP contribution < -0.4 is 15.4 Å². The van der Waals surface area contributed by atoms with E-state index in [0.29, 0.717) is 23.8 Å². The highest BCUT2D eigenvalue weighted by molar-refractivity contribution is 5.88. The third-order valence-electron chi connectivity index (χ3n) is 3.97. The topological polar surface area (TPSA) is 66.5 Å². The number of carbonyl (C=O) groups is 1. The molecular formula is C19H25FN4O2. The number of nitrogens with zero attached hydrogens (tertiary/aromatic N) is 2. The van der Waals surface area contributed by atoms with Gasteiger partial charge in [0.15, 0.2) is 11.6 Å². The highest BCUT2D eigenvalue weighted by atomic mass is 19.1. The summed E-state index contributed by atoms with van der Waals surface area (Å²) in [6.07, 6.45) is 2.44. The molecule has 0 aliphatic carbocycles. The molecule has 0 radical (unpaired) electrons. The Balaban J connectivity index is 2.09. The number of aromatic nitrogens is 1. The van der Waals surface area contributed by atoms with Gasteiger partial charge in [0.05, 0.1) is 0 Å². The summed E-state index contributed by atoms with van der Waals surface area (Å²) in [5.74, 6) is 0.361. The van der Waals surface area contributed by atoms with Crippen LogP contribution in [0, 0.1) is 5.82 Å². The summed E-state index contributed by atoms with van der Waals surface area (Å²) in [4.78, 5) is 17.5. The molecule has 1 heterocycles. The summed E-state index contributed by atoms with van der Waals surface area (Å²) >= 11 is 0. The molecule has 26 heavy (non-hydrogen) atoms. The van der Waals surface area contributed by atoms with Gasteiger partial charge in [0.2, 0.25) is 0 Å². The standard InChI is InChI=1S/C19H25FN4O2/c1-5-13(3)22-14-7-8-17(16(20)11-14)26-15-9-10-21-18(12-15)23-19(25)24(4)6-2/h7-13,22H,5-6H2,1-4H3,(H,21,23,25). The fourth-order valence-corrected chi connectivity index (χ4v) is 2.08. The van der Waals surface area contributed by atoms with E-state index in [1.165, 1.54) is 17.2 Å². The van der Waals surface area contributed by atoms with Gasteiger partial charge in [0.25, 0.3) is 0 Å². The molecular weight excluding hydrogens is 335 g/mol. The first kappa shape index (κ1) is 19.5. The molecule has 2 N–H and O–H groups in total. The first-order valence-electron chi connectivity index (χ1n) is 8.65. The van der Waals surface area contributed by atoms with Crippen molar-refractivity contribution in [2.24, 2.45) is 0 Å². The first-order valence-corrected chi connectivity index (χ1v) is 8.65. The number of urea groups is 1. The minimum absolute atomic E-state index is 0.105. The Morgan fingerprint density at radius 1 is 1.31 bits per heavy atom. The number of hydrogen-bond acceptors (Lipinski definition) is 4. The van der Waals surface area contributed by atoms with E-state index in [1.54, 1.807) is 31.3 Å². The van der Waals surface area contributed by atoms with Crippen LogP contribution in [-0.4, -0.2) is 35.5 Å². The van der Waals surface area contributed by atoms with Gasteiger partial charge >= 0.3 is 6.03 Å². The number of anilines is 2. The molecule has 0 aliphatic rings. The molecule has 140 valence electrons. The number of benzene rings is 1. The summed E-state index contributed by atoms with van der Waals surface area (Å²) in [6.45, 7) is 6.54. The number of nitrogens with one attached hydrogen (secondary N) is 2. The summed E-state index contributed by atoms with van der Waals surface area (Å²) in [6, 6.07) is 7.88. The number of carbonyl (C=O) groups excluding carboxylic acids is 1. The van der Waals surface area contributed by atoms with Crippen LogP contribution in [0.1, 0.15) is 27.2 Å². The molecule has 0 bridgehead atoms. The number of hydrogen-bond donors (Lipinski definition) is 2. The largest absolute Gasteiger partial charge is 0.454 e. The van der Waals surface area contributed by atoms with E-state index in [1.807, 2.05) is 13.8 Å². The summed E-state index contributed by atoms with van der Waals surface area (Å²) in [7, 11) is 1.68. The SMILES string of the molecule is CCC(C)Nc1ccc(Oc2ccnc(NC(=O)N(C)CC)c2)c(F)c1. The molecule has 1 atom stereocenters. The molecule has 0 saturated carbocycles. The van der Waals surface area contributed by atoms with Gasteiger partial charge in [-0.25, -0.2) is 14.2 Å². The second-order valence-electron chi connectivity index (χ2n) is 6.02. The minimum Gasteiger partial charge on any atom is -0.454 e. The Hall–Kier alpha value is -2.83. The third-order valence-corrected chi connectivity index (χ3v) is 3.97. The average molecular weight is 360 g/mol. The fourth-order valence-electron chi connectivity index (χ4n) is 2.08. The highest BCUT2D eigenvalue weighted by Crippen LogP contribution is 2.28. The van der Waals surface area contributed by atoms with Crippen molar-refractivity contribution in [3.8, 4) is 11.5 Å². The van der Waals surface area contributed by atoms with Crippen molar-refractivity contribution in [2.45, 2.75) is 33.2 Å². The van der Waals surface area contributed by atoms with E-state index < -0.39 is 5.82 Å². The van der Waals surface area contributed by atoms with Crippen LogP contribution in [0.15, 0.2) is 36.5 Å². The summed E-state index contributed by atoms with van der Waals surface area (Å²) in [5.41, 5.74) is 0.703. The number of pyridine rings is 1. The Morgan fingerprint density at radius 3 is 2.73 bits per heavy atom. The quantitative estimate of drug-likeness (QED) is 0.751. The molecule has 0 aliphatic heterocycles. The normalized spacial score (nSPS) is 11.6. The molecule has 7 heteroatoms. The molecule has 1 aromatic carbocycles. The lowest BCUT2D eigenvalue weighted by Crippen LogP contribution is -2.31.